The van der Waals surface area contributed by atoms with E-state index in [1.165, 1.54) is 0 Å². The highest BCUT2D eigenvalue weighted by Crippen LogP contribution is 2.23. The SMILES string of the molecule is COCCCNC(=O)CN(C)C(C(=O)NC1CC1)c1ccccc1. The fourth-order valence-electron chi connectivity index (χ4n) is 2.57. The first-order valence-corrected chi connectivity index (χ1v) is 8.43. The summed E-state index contributed by atoms with van der Waals surface area (Å²) in [6.07, 6.45) is 2.85. The predicted octanol–water partition coefficient (Wildman–Crippen LogP) is 1.09. The molecule has 2 N–H and O–H groups in total. The van der Waals surface area contributed by atoms with Crippen molar-refractivity contribution in [1.29, 1.82) is 0 Å². The molecule has 1 saturated carbocycles. The normalized spacial score (nSPS) is 15.1. The van der Waals surface area contributed by atoms with Crippen molar-refractivity contribution in [1.82, 2.24) is 15.5 Å². The van der Waals surface area contributed by atoms with Crippen LogP contribution < -0.4 is 10.6 Å². The molecule has 0 bridgehead atoms. The Labute approximate surface area is 143 Å². The average molecular weight is 333 g/mol. The van der Waals surface area contributed by atoms with Crippen LogP contribution in [-0.2, 0) is 14.3 Å². The zero-order valence-electron chi connectivity index (χ0n) is 14.5. The van der Waals surface area contributed by atoms with Gasteiger partial charge >= 0.3 is 0 Å². The molecule has 0 aliphatic heterocycles. The zero-order valence-corrected chi connectivity index (χ0v) is 14.5. The van der Waals surface area contributed by atoms with E-state index < -0.39 is 6.04 Å². The molecule has 1 aliphatic rings. The van der Waals surface area contributed by atoms with Gasteiger partial charge in [0.15, 0.2) is 0 Å². The van der Waals surface area contributed by atoms with Crippen LogP contribution in [0, 0.1) is 0 Å². The Hall–Kier alpha value is -1.92. The molecular formula is C18H27N3O3. The summed E-state index contributed by atoms with van der Waals surface area (Å²) in [4.78, 5) is 26.5. The van der Waals surface area contributed by atoms with Gasteiger partial charge in [0, 0.05) is 26.3 Å². The first-order chi connectivity index (χ1) is 11.6. The second-order valence-electron chi connectivity index (χ2n) is 6.21. The highest BCUT2D eigenvalue weighted by Gasteiger charge is 2.31. The van der Waals surface area contributed by atoms with Crippen molar-refractivity contribution in [3.63, 3.8) is 0 Å². The summed E-state index contributed by atoms with van der Waals surface area (Å²) in [5, 5.41) is 5.89. The summed E-state index contributed by atoms with van der Waals surface area (Å²) in [6, 6.07) is 9.41. The molecule has 132 valence electrons. The van der Waals surface area contributed by atoms with Gasteiger partial charge in [0.2, 0.25) is 11.8 Å². The lowest BCUT2D eigenvalue weighted by Gasteiger charge is -2.27. The number of carbonyl (C=O) groups is 2. The van der Waals surface area contributed by atoms with Crippen LogP contribution in [0.3, 0.4) is 0 Å². The van der Waals surface area contributed by atoms with Crippen LogP contribution in [0.25, 0.3) is 0 Å². The third-order valence-electron chi connectivity index (χ3n) is 3.97. The van der Waals surface area contributed by atoms with E-state index in [1.807, 2.05) is 30.3 Å². The van der Waals surface area contributed by atoms with Crippen LogP contribution in [0.4, 0.5) is 0 Å². The third-order valence-corrected chi connectivity index (χ3v) is 3.97. The van der Waals surface area contributed by atoms with Gasteiger partial charge in [0.05, 0.1) is 6.54 Å². The number of carbonyl (C=O) groups excluding carboxylic acids is 2. The standard InChI is InChI=1S/C18H27N3O3/c1-21(13-16(22)19-11-6-12-24-2)17(14-7-4-3-5-8-14)18(23)20-15-9-10-15/h3-5,7-8,15,17H,6,9-13H2,1-2H3,(H,19,22)(H,20,23). The van der Waals surface area contributed by atoms with Crippen LogP contribution in [0.15, 0.2) is 30.3 Å². The van der Waals surface area contributed by atoms with E-state index in [1.54, 1.807) is 19.1 Å². The second kappa shape index (κ2) is 9.39. The third kappa shape index (κ3) is 5.94. The molecule has 1 fully saturated rings. The minimum absolute atomic E-state index is 0.0432. The molecule has 0 saturated heterocycles. The van der Waals surface area contributed by atoms with Crippen molar-refractivity contribution in [2.24, 2.45) is 0 Å². The number of hydrogen-bond acceptors (Lipinski definition) is 4. The lowest BCUT2D eigenvalue weighted by molar-refractivity contribution is -0.128. The number of amides is 2. The summed E-state index contributed by atoms with van der Waals surface area (Å²) in [6.45, 7) is 1.36. The molecule has 6 heteroatoms. The molecule has 1 aromatic rings. The number of methoxy groups -OCH3 is 1. The molecule has 6 nitrogen and oxygen atoms in total. The maximum Gasteiger partial charge on any atom is 0.242 e. The smallest absolute Gasteiger partial charge is 0.242 e. The van der Waals surface area contributed by atoms with Crippen molar-refractivity contribution in [2.75, 3.05) is 33.9 Å². The number of ether oxygens (including phenoxy) is 1. The molecule has 1 aliphatic carbocycles. The fourth-order valence-corrected chi connectivity index (χ4v) is 2.57. The highest BCUT2D eigenvalue weighted by molar-refractivity contribution is 5.85. The van der Waals surface area contributed by atoms with Crippen molar-refractivity contribution >= 4 is 11.8 Å². The van der Waals surface area contributed by atoms with E-state index in [4.69, 9.17) is 4.74 Å². The molecule has 1 aromatic carbocycles. The van der Waals surface area contributed by atoms with Gasteiger partial charge < -0.3 is 15.4 Å². The minimum atomic E-state index is -0.462. The minimum Gasteiger partial charge on any atom is -0.385 e. The Bertz CT molecular complexity index is 532. The maximum atomic E-state index is 12.6. The number of nitrogens with zero attached hydrogens (tertiary/aromatic N) is 1. The van der Waals surface area contributed by atoms with Crippen molar-refractivity contribution in [3.05, 3.63) is 35.9 Å². The van der Waals surface area contributed by atoms with Crippen LogP contribution in [0.2, 0.25) is 0 Å². The van der Waals surface area contributed by atoms with Crippen LogP contribution in [0.1, 0.15) is 30.9 Å². The Kier molecular flexibility index (Phi) is 7.21. The van der Waals surface area contributed by atoms with E-state index in [2.05, 4.69) is 10.6 Å². The van der Waals surface area contributed by atoms with E-state index in [0.717, 1.165) is 24.8 Å². The highest BCUT2D eigenvalue weighted by atomic mass is 16.5. The molecule has 0 spiro atoms. The second-order valence-corrected chi connectivity index (χ2v) is 6.21. The Morgan fingerprint density at radius 1 is 1.29 bits per heavy atom. The van der Waals surface area contributed by atoms with Crippen molar-refractivity contribution in [2.45, 2.75) is 31.3 Å². The molecular weight excluding hydrogens is 306 g/mol. The zero-order chi connectivity index (χ0) is 17.4. The average Bonchev–Trinajstić information content (AvgIpc) is 3.36. The van der Waals surface area contributed by atoms with Crippen LogP contribution in [0.5, 0.6) is 0 Å². The topological polar surface area (TPSA) is 70.7 Å². The van der Waals surface area contributed by atoms with Gasteiger partial charge in [0.25, 0.3) is 0 Å². The first kappa shape index (κ1) is 18.4. The Morgan fingerprint density at radius 3 is 2.62 bits per heavy atom. The number of nitrogens with one attached hydrogen (secondary N) is 2. The van der Waals surface area contributed by atoms with E-state index in [-0.39, 0.29) is 18.4 Å². The summed E-state index contributed by atoms with van der Waals surface area (Å²) < 4.78 is 4.96. The predicted molar refractivity (Wildman–Crippen MR) is 92.5 cm³/mol. The number of benzene rings is 1. The molecule has 0 aromatic heterocycles. The summed E-state index contributed by atoms with van der Waals surface area (Å²) in [5.41, 5.74) is 0.894. The fraction of sp³-hybridized carbons (Fsp3) is 0.556. The van der Waals surface area contributed by atoms with Gasteiger partial charge in [-0.05, 0) is 31.9 Å². The maximum absolute atomic E-state index is 12.6. The summed E-state index contributed by atoms with van der Waals surface area (Å²) in [7, 11) is 3.44. The van der Waals surface area contributed by atoms with E-state index >= 15 is 0 Å². The summed E-state index contributed by atoms with van der Waals surface area (Å²) in [5.74, 6) is -0.132. The monoisotopic (exact) mass is 333 g/mol. The molecule has 2 rings (SSSR count). The molecule has 1 unspecified atom stereocenters. The van der Waals surface area contributed by atoms with E-state index in [0.29, 0.717) is 19.2 Å². The molecule has 0 radical (unpaired) electrons. The number of rotatable bonds is 10. The van der Waals surface area contributed by atoms with Gasteiger partial charge in [0.1, 0.15) is 6.04 Å². The van der Waals surface area contributed by atoms with Crippen molar-refractivity contribution in [3.8, 4) is 0 Å². The summed E-state index contributed by atoms with van der Waals surface area (Å²) >= 11 is 0. The van der Waals surface area contributed by atoms with Gasteiger partial charge in [-0.3, -0.25) is 14.5 Å². The lowest BCUT2D eigenvalue weighted by Crippen LogP contribution is -2.44. The van der Waals surface area contributed by atoms with Gasteiger partial charge in [-0.1, -0.05) is 30.3 Å². The first-order valence-electron chi connectivity index (χ1n) is 8.43. The quantitative estimate of drug-likeness (QED) is 0.629. The van der Waals surface area contributed by atoms with Crippen LogP contribution in [-0.4, -0.2) is 56.6 Å². The lowest BCUT2D eigenvalue weighted by atomic mass is 10.0. The molecule has 24 heavy (non-hydrogen) atoms. The van der Waals surface area contributed by atoms with E-state index in [9.17, 15) is 9.59 Å². The molecule has 2 amide bonds. The Morgan fingerprint density at radius 2 is 2.00 bits per heavy atom. The molecule has 1 atom stereocenters. The molecule has 0 heterocycles. The van der Waals surface area contributed by atoms with Crippen molar-refractivity contribution < 1.29 is 14.3 Å². The van der Waals surface area contributed by atoms with Gasteiger partial charge in [-0.2, -0.15) is 0 Å². The Balaban J connectivity index is 1.94. The largest absolute Gasteiger partial charge is 0.385 e. The van der Waals surface area contributed by atoms with Gasteiger partial charge in [-0.25, -0.2) is 0 Å². The number of likely N-dealkylation sites (N-methyl/N-ethyl adjacent to an activating group) is 1. The van der Waals surface area contributed by atoms with Crippen LogP contribution >= 0.6 is 0 Å². The number of hydrogen-bond donors (Lipinski definition) is 2. The van der Waals surface area contributed by atoms with Gasteiger partial charge in [-0.15, -0.1) is 0 Å².